The van der Waals surface area contributed by atoms with Crippen LogP contribution in [0.5, 0.6) is 0 Å². The van der Waals surface area contributed by atoms with Crippen molar-refractivity contribution >= 4 is 11.8 Å². The van der Waals surface area contributed by atoms with Crippen molar-refractivity contribution in [3.63, 3.8) is 0 Å². The van der Waals surface area contributed by atoms with Gasteiger partial charge < -0.3 is 18.9 Å². The van der Waals surface area contributed by atoms with E-state index in [1.807, 2.05) is 0 Å². The molecule has 2 amide bonds. The monoisotopic (exact) mass is 313 g/mol. The molecule has 1 heterocycles. The molecule has 124 valence electrons. The van der Waals surface area contributed by atoms with Crippen LogP contribution in [0.1, 0.15) is 0 Å². The maximum Gasteiger partial charge on any atom is 0.253 e. The van der Waals surface area contributed by atoms with Gasteiger partial charge in [0.25, 0.3) is 11.8 Å². The van der Waals surface area contributed by atoms with Gasteiger partial charge in [0.2, 0.25) is 0 Å². The van der Waals surface area contributed by atoms with E-state index in [1.165, 1.54) is 12.2 Å². The van der Waals surface area contributed by atoms with Gasteiger partial charge in [-0.05, 0) is 0 Å². The third kappa shape index (κ3) is 8.04. The number of carbonyl (C=O) groups excluding carboxylic acids is 2. The minimum Gasteiger partial charge on any atom is -0.377 e. The molecule has 0 saturated carbocycles. The molecule has 22 heavy (non-hydrogen) atoms. The molecule has 1 aliphatic heterocycles. The second-order valence-electron chi connectivity index (χ2n) is 4.36. The highest BCUT2D eigenvalue weighted by Gasteiger charge is 2.22. The summed E-state index contributed by atoms with van der Waals surface area (Å²) in [6, 6.07) is 0. The van der Waals surface area contributed by atoms with Crippen molar-refractivity contribution in [2.24, 2.45) is 0 Å². The first-order chi connectivity index (χ1) is 10.8. The summed E-state index contributed by atoms with van der Waals surface area (Å²) in [6.07, 6.45) is 4.21. The van der Waals surface area contributed by atoms with Crippen LogP contribution in [0.25, 0.3) is 0 Å². The quantitative estimate of drug-likeness (QED) is 0.258. The molecule has 0 spiro atoms. The minimum absolute atomic E-state index is 0.262. The number of imide groups is 1. The van der Waals surface area contributed by atoms with Gasteiger partial charge in [0.15, 0.2) is 0 Å². The largest absolute Gasteiger partial charge is 0.377 e. The lowest BCUT2D eigenvalue weighted by atomic mass is 10.5. The summed E-state index contributed by atoms with van der Waals surface area (Å²) in [5.41, 5.74) is 0. The molecule has 0 aromatic carbocycles. The molecule has 0 atom stereocenters. The highest BCUT2D eigenvalue weighted by Crippen LogP contribution is 2.02. The second kappa shape index (κ2) is 12.0. The molecule has 0 bridgehead atoms. The number of hydrogen-bond donors (Lipinski definition) is 0. The van der Waals surface area contributed by atoms with E-state index in [9.17, 15) is 9.59 Å². The van der Waals surface area contributed by atoms with Crippen molar-refractivity contribution in [2.45, 2.75) is 0 Å². The van der Waals surface area contributed by atoms with Crippen LogP contribution in [-0.2, 0) is 28.5 Å². The molecular weight excluding hydrogens is 290 g/mol. The van der Waals surface area contributed by atoms with Gasteiger partial charge in [-0.15, -0.1) is 6.58 Å². The van der Waals surface area contributed by atoms with Crippen LogP contribution >= 0.6 is 0 Å². The molecule has 1 rings (SSSR count). The van der Waals surface area contributed by atoms with Crippen LogP contribution in [0.3, 0.4) is 0 Å². The van der Waals surface area contributed by atoms with Gasteiger partial charge >= 0.3 is 0 Å². The number of hydrogen-bond acceptors (Lipinski definition) is 6. The Morgan fingerprint density at radius 2 is 1.27 bits per heavy atom. The van der Waals surface area contributed by atoms with Crippen LogP contribution in [0.2, 0.25) is 0 Å². The van der Waals surface area contributed by atoms with Gasteiger partial charge in [-0.3, -0.25) is 14.5 Å². The van der Waals surface area contributed by atoms with Crippen molar-refractivity contribution in [2.75, 3.05) is 59.4 Å². The normalized spacial score (nSPS) is 14.1. The number of carbonyl (C=O) groups is 2. The Morgan fingerprint density at radius 3 is 1.77 bits per heavy atom. The van der Waals surface area contributed by atoms with E-state index in [0.29, 0.717) is 52.9 Å². The summed E-state index contributed by atoms with van der Waals surface area (Å²) in [7, 11) is 0. The van der Waals surface area contributed by atoms with Crippen molar-refractivity contribution in [3.05, 3.63) is 24.8 Å². The maximum atomic E-state index is 11.2. The molecule has 0 unspecified atom stereocenters. The zero-order valence-corrected chi connectivity index (χ0v) is 12.7. The zero-order chi connectivity index (χ0) is 16.0. The van der Waals surface area contributed by atoms with Crippen LogP contribution in [0, 0.1) is 0 Å². The summed E-state index contributed by atoms with van der Waals surface area (Å²) in [5.74, 6) is -0.585. The molecule has 0 aromatic rings. The lowest BCUT2D eigenvalue weighted by Crippen LogP contribution is -2.33. The molecule has 7 nitrogen and oxygen atoms in total. The number of rotatable bonds is 14. The third-order valence-electron chi connectivity index (χ3n) is 2.71. The van der Waals surface area contributed by atoms with E-state index in [0.717, 1.165) is 4.90 Å². The summed E-state index contributed by atoms with van der Waals surface area (Å²) in [5, 5.41) is 0. The van der Waals surface area contributed by atoms with E-state index in [2.05, 4.69) is 6.58 Å². The van der Waals surface area contributed by atoms with Crippen molar-refractivity contribution in [3.8, 4) is 0 Å². The Morgan fingerprint density at radius 1 is 0.818 bits per heavy atom. The average Bonchev–Trinajstić information content (AvgIpc) is 2.83. The van der Waals surface area contributed by atoms with E-state index >= 15 is 0 Å². The number of ether oxygens (including phenoxy) is 4. The van der Waals surface area contributed by atoms with Gasteiger partial charge in [0, 0.05) is 12.2 Å². The minimum atomic E-state index is -0.293. The van der Waals surface area contributed by atoms with E-state index in [4.69, 9.17) is 18.9 Å². The van der Waals surface area contributed by atoms with E-state index in [1.54, 1.807) is 6.08 Å². The molecule has 0 aromatic heterocycles. The first-order valence-corrected chi connectivity index (χ1v) is 7.21. The fraction of sp³-hybridized carbons (Fsp3) is 0.600. The SMILES string of the molecule is C=CCOCCOCCOCCOCCN1C(=O)C=CC1=O. The molecule has 0 N–H and O–H groups in total. The van der Waals surface area contributed by atoms with Crippen LogP contribution in [0.15, 0.2) is 24.8 Å². The predicted octanol–water partition coefficient (Wildman–Crippen LogP) is 0.164. The van der Waals surface area contributed by atoms with Crippen LogP contribution in [0.4, 0.5) is 0 Å². The third-order valence-corrected chi connectivity index (χ3v) is 2.71. The molecule has 1 aliphatic rings. The smallest absolute Gasteiger partial charge is 0.253 e. The Hall–Kier alpha value is -1.54. The Balaban J connectivity index is 1.79. The topological polar surface area (TPSA) is 74.3 Å². The molecule has 0 saturated heterocycles. The van der Waals surface area contributed by atoms with E-state index in [-0.39, 0.29) is 18.4 Å². The highest BCUT2D eigenvalue weighted by molar-refractivity contribution is 6.12. The first-order valence-electron chi connectivity index (χ1n) is 7.21. The Bertz CT molecular complexity index is 364. The van der Waals surface area contributed by atoms with Gasteiger partial charge in [-0.25, -0.2) is 0 Å². The van der Waals surface area contributed by atoms with Gasteiger partial charge in [-0.1, -0.05) is 6.08 Å². The summed E-state index contributed by atoms with van der Waals surface area (Å²) < 4.78 is 21.0. The van der Waals surface area contributed by atoms with Gasteiger partial charge in [-0.2, -0.15) is 0 Å². The van der Waals surface area contributed by atoms with Crippen molar-refractivity contribution in [1.29, 1.82) is 0 Å². The van der Waals surface area contributed by atoms with Gasteiger partial charge in [0.1, 0.15) is 0 Å². The summed E-state index contributed by atoms with van der Waals surface area (Å²) >= 11 is 0. The molecule has 0 aliphatic carbocycles. The predicted molar refractivity (Wildman–Crippen MR) is 79.3 cm³/mol. The van der Waals surface area contributed by atoms with E-state index < -0.39 is 0 Å². The fourth-order valence-corrected chi connectivity index (χ4v) is 1.63. The average molecular weight is 313 g/mol. The molecular formula is C15H23NO6. The van der Waals surface area contributed by atoms with Crippen LogP contribution in [-0.4, -0.2) is 76.1 Å². The fourth-order valence-electron chi connectivity index (χ4n) is 1.63. The molecule has 0 fully saturated rings. The molecule has 0 radical (unpaired) electrons. The van der Waals surface area contributed by atoms with Gasteiger partial charge in [0.05, 0.1) is 59.4 Å². The summed E-state index contributed by atoms with van der Waals surface area (Å²) in [6.45, 7) is 7.54. The summed E-state index contributed by atoms with van der Waals surface area (Å²) in [4.78, 5) is 23.6. The van der Waals surface area contributed by atoms with Crippen molar-refractivity contribution in [1.82, 2.24) is 4.90 Å². The zero-order valence-electron chi connectivity index (χ0n) is 12.7. The second-order valence-corrected chi connectivity index (χ2v) is 4.36. The first kappa shape index (κ1) is 18.5. The molecule has 7 heteroatoms. The van der Waals surface area contributed by atoms with Crippen LogP contribution < -0.4 is 0 Å². The standard InChI is InChI=1S/C15H23NO6/c1-2-6-19-8-10-21-12-13-22-11-9-20-7-5-16-14(17)3-4-15(16)18/h2-4H,1,5-13H2. The number of nitrogens with zero attached hydrogens (tertiary/aromatic N) is 1. The highest BCUT2D eigenvalue weighted by atomic mass is 16.6. The lowest BCUT2D eigenvalue weighted by Gasteiger charge is -2.13. The van der Waals surface area contributed by atoms with Crippen molar-refractivity contribution < 1.29 is 28.5 Å². The maximum absolute atomic E-state index is 11.2. The number of amides is 2. The lowest BCUT2D eigenvalue weighted by molar-refractivity contribution is -0.137. The Labute approximate surface area is 130 Å². The Kier molecular flexibility index (Phi) is 10.1.